The van der Waals surface area contributed by atoms with Crippen molar-refractivity contribution in [1.29, 1.82) is 0 Å². The molecule has 1 heterocycles. The highest BCUT2D eigenvalue weighted by Crippen LogP contribution is 2.31. The fraction of sp³-hybridized carbons (Fsp3) is 0.429. The second-order valence-electron chi connectivity index (χ2n) is 4.62. The van der Waals surface area contributed by atoms with Crippen LogP contribution in [0.5, 0.6) is 0 Å². The maximum atomic E-state index is 11.7. The van der Waals surface area contributed by atoms with E-state index in [0.717, 1.165) is 23.3 Å². The van der Waals surface area contributed by atoms with Crippen LogP contribution in [-0.4, -0.2) is 14.8 Å². The SMILES string of the molecule is CCCn1c(Sc2ccccc2[C@@H](N)CC)n[nH]c1=O. The quantitative estimate of drug-likeness (QED) is 0.857. The van der Waals surface area contributed by atoms with Crippen molar-refractivity contribution in [3.8, 4) is 0 Å². The van der Waals surface area contributed by atoms with Gasteiger partial charge < -0.3 is 5.73 Å². The van der Waals surface area contributed by atoms with Gasteiger partial charge in [-0.15, -0.1) is 5.10 Å². The van der Waals surface area contributed by atoms with E-state index in [1.807, 2.05) is 31.2 Å². The fourth-order valence-corrected chi connectivity index (χ4v) is 3.06. The molecule has 5 nitrogen and oxygen atoms in total. The lowest BCUT2D eigenvalue weighted by Gasteiger charge is -2.14. The van der Waals surface area contributed by atoms with Gasteiger partial charge in [-0.2, -0.15) is 0 Å². The molecule has 2 rings (SSSR count). The number of rotatable bonds is 6. The Morgan fingerprint density at radius 2 is 2.15 bits per heavy atom. The van der Waals surface area contributed by atoms with Gasteiger partial charge in [0.15, 0.2) is 5.16 Å². The number of hydrogen-bond acceptors (Lipinski definition) is 4. The Morgan fingerprint density at radius 1 is 1.40 bits per heavy atom. The third kappa shape index (κ3) is 3.13. The van der Waals surface area contributed by atoms with Crippen molar-refractivity contribution in [3.05, 3.63) is 40.3 Å². The van der Waals surface area contributed by atoms with E-state index in [4.69, 9.17) is 5.73 Å². The Kier molecular flexibility index (Phi) is 5.03. The summed E-state index contributed by atoms with van der Waals surface area (Å²) in [6, 6.07) is 8.02. The minimum atomic E-state index is -0.161. The molecular formula is C14H20N4OS. The number of aromatic nitrogens is 3. The molecular weight excluding hydrogens is 272 g/mol. The van der Waals surface area contributed by atoms with Crippen molar-refractivity contribution in [2.75, 3.05) is 0 Å². The molecule has 108 valence electrons. The van der Waals surface area contributed by atoms with Crippen LogP contribution in [0.15, 0.2) is 39.1 Å². The predicted molar refractivity (Wildman–Crippen MR) is 80.9 cm³/mol. The second kappa shape index (κ2) is 6.76. The van der Waals surface area contributed by atoms with E-state index in [2.05, 4.69) is 17.1 Å². The molecule has 0 unspecified atom stereocenters. The first-order valence-electron chi connectivity index (χ1n) is 6.84. The highest BCUT2D eigenvalue weighted by atomic mass is 32.2. The monoisotopic (exact) mass is 292 g/mol. The lowest BCUT2D eigenvalue weighted by Crippen LogP contribution is -2.17. The van der Waals surface area contributed by atoms with Gasteiger partial charge in [-0.25, -0.2) is 9.89 Å². The fourth-order valence-electron chi connectivity index (χ4n) is 2.00. The van der Waals surface area contributed by atoms with Crippen LogP contribution in [-0.2, 0) is 6.54 Å². The molecule has 0 amide bonds. The molecule has 0 fully saturated rings. The van der Waals surface area contributed by atoms with Crippen LogP contribution in [0.2, 0.25) is 0 Å². The highest BCUT2D eigenvalue weighted by Gasteiger charge is 2.14. The molecule has 6 heteroatoms. The number of aromatic amines is 1. The van der Waals surface area contributed by atoms with Crippen LogP contribution in [0.3, 0.4) is 0 Å². The average molecular weight is 292 g/mol. The van der Waals surface area contributed by atoms with Crippen LogP contribution in [0.25, 0.3) is 0 Å². The van der Waals surface area contributed by atoms with Crippen LogP contribution < -0.4 is 11.4 Å². The Hall–Kier alpha value is -1.53. The van der Waals surface area contributed by atoms with Crippen molar-refractivity contribution < 1.29 is 0 Å². The smallest absolute Gasteiger partial charge is 0.324 e. The minimum absolute atomic E-state index is 0.00369. The van der Waals surface area contributed by atoms with E-state index >= 15 is 0 Å². The Bertz CT molecular complexity index is 620. The van der Waals surface area contributed by atoms with Crippen LogP contribution in [0.4, 0.5) is 0 Å². The lowest BCUT2D eigenvalue weighted by molar-refractivity contribution is 0.603. The van der Waals surface area contributed by atoms with Crippen molar-refractivity contribution in [1.82, 2.24) is 14.8 Å². The van der Waals surface area contributed by atoms with Crippen molar-refractivity contribution in [3.63, 3.8) is 0 Å². The largest absolute Gasteiger partial charge is 0.343 e. The number of hydrogen-bond donors (Lipinski definition) is 2. The maximum Gasteiger partial charge on any atom is 0.343 e. The van der Waals surface area contributed by atoms with Gasteiger partial charge in [-0.05, 0) is 36.2 Å². The summed E-state index contributed by atoms with van der Waals surface area (Å²) >= 11 is 1.49. The molecule has 0 aliphatic rings. The number of benzene rings is 1. The summed E-state index contributed by atoms with van der Waals surface area (Å²) in [6.07, 6.45) is 1.77. The van der Waals surface area contributed by atoms with E-state index < -0.39 is 0 Å². The zero-order chi connectivity index (χ0) is 14.5. The lowest BCUT2D eigenvalue weighted by atomic mass is 10.1. The highest BCUT2D eigenvalue weighted by molar-refractivity contribution is 7.99. The average Bonchev–Trinajstić information content (AvgIpc) is 2.80. The molecule has 0 aliphatic carbocycles. The summed E-state index contributed by atoms with van der Waals surface area (Å²) in [5.74, 6) is 0. The molecule has 0 aliphatic heterocycles. The number of nitrogens with one attached hydrogen (secondary N) is 1. The van der Waals surface area contributed by atoms with Crippen LogP contribution in [0.1, 0.15) is 38.3 Å². The molecule has 20 heavy (non-hydrogen) atoms. The van der Waals surface area contributed by atoms with Crippen molar-refractivity contribution >= 4 is 11.8 Å². The van der Waals surface area contributed by atoms with Crippen LogP contribution in [0, 0.1) is 0 Å². The van der Waals surface area contributed by atoms with Gasteiger partial charge in [0.2, 0.25) is 0 Å². The third-order valence-corrected chi connectivity index (χ3v) is 4.22. The van der Waals surface area contributed by atoms with Gasteiger partial charge in [0.1, 0.15) is 0 Å². The molecule has 3 N–H and O–H groups in total. The van der Waals surface area contributed by atoms with Gasteiger partial charge >= 0.3 is 5.69 Å². The zero-order valence-electron chi connectivity index (χ0n) is 11.8. The van der Waals surface area contributed by atoms with E-state index in [1.54, 1.807) is 4.57 Å². The van der Waals surface area contributed by atoms with E-state index in [-0.39, 0.29) is 11.7 Å². The topological polar surface area (TPSA) is 76.7 Å². The molecule has 0 bridgehead atoms. The van der Waals surface area contributed by atoms with E-state index in [0.29, 0.717) is 11.7 Å². The van der Waals surface area contributed by atoms with Gasteiger partial charge in [0.05, 0.1) is 0 Å². The number of H-pyrrole nitrogens is 1. The van der Waals surface area contributed by atoms with E-state index in [1.165, 1.54) is 11.8 Å². The molecule has 1 atom stereocenters. The van der Waals surface area contributed by atoms with Gasteiger partial charge in [0.25, 0.3) is 0 Å². The van der Waals surface area contributed by atoms with Crippen molar-refractivity contribution in [2.45, 2.75) is 49.3 Å². The number of nitrogens with two attached hydrogens (primary N) is 1. The summed E-state index contributed by atoms with van der Waals surface area (Å²) in [7, 11) is 0. The molecule has 0 radical (unpaired) electrons. The first-order chi connectivity index (χ1) is 9.67. The van der Waals surface area contributed by atoms with Gasteiger partial charge in [-0.3, -0.25) is 4.57 Å². The predicted octanol–water partition coefficient (Wildman–Crippen LogP) is 2.54. The second-order valence-corrected chi connectivity index (χ2v) is 5.63. The van der Waals surface area contributed by atoms with Crippen molar-refractivity contribution in [2.24, 2.45) is 5.73 Å². The molecule has 1 aromatic carbocycles. The zero-order valence-corrected chi connectivity index (χ0v) is 12.6. The molecule has 1 aromatic heterocycles. The standard InChI is InChI=1S/C14H20N4OS/c1-3-9-18-13(19)16-17-14(18)20-12-8-6-5-7-10(12)11(15)4-2/h5-8,11H,3-4,9,15H2,1-2H3,(H,16,19)/t11-/m0/s1. The van der Waals surface area contributed by atoms with E-state index in [9.17, 15) is 4.79 Å². The van der Waals surface area contributed by atoms with Gasteiger partial charge in [0, 0.05) is 17.5 Å². The first kappa shape index (κ1) is 14.9. The summed E-state index contributed by atoms with van der Waals surface area (Å²) in [5, 5.41) is 7.30. The number of nitrogens with zero attached hydrogens (tertiary/aromatic N) is 2. The van der Waals surface area contributed by atoms with Gasteiger partial charge in [-0.1, -0.05) is 32.0 Å². The summed E-state index contributed by atoms with van der Waals surface area (Å²) < 4.78 is 1.67. The summed E-state index contributed by atoms with van der Waals surface area (Å²) in [6.45, 7) is 4.77. The molecule has 2 aromatic rings. The molecule has 0 saturated heterocycles. The summed E-state index contributed by atoms with van der Waals surface area (Å²) in [5.41, 5.74) is 7.08. The van der Waals surface area contributed by atoms with Crippen LogP contribution >= 0.6 is 11.8 Å². The Morgan fingerprint density at radius 3 is 2.85 bits per heavy atom. The first-order valence-corrected chi connectivity index (χ1v) is 7.66. The molecule has 0 spiro atoms. The Labute approximate surface area is 122 Å². The minimum Gasteiger partial charge on any atom is -0.324 e. The summed E-state index contributed by atoms with van der Waals surface area (Å²) in [4.78, 5) is 12.8. The maximum absolute atomic E-state index is 11.7. The third-order valence-electron chi connectivity index (χ3n) is 3.13. The molecule has 0 saturated carbocycles. The Balaban J connectivity index is 2.33. The normalized spacial score (nSPS) is 12.6.